The largest absolute Gasteiger partial charge is 0.383 e. The van der Waals surface area contributed by atoms with Gasteiger partial charge in [0.1, 0.15) is 0 Å². The minimum Gasteiger partial charge on any atom is -0.383 e. The molecule has 92 valence electrons. The van der Waals surface area contributed by atoms with Crippen molar-refractivity contribution in [1.82, 2.24) is 10.6 Å². The van der Waals surface area contributed by atoms with Crippen molar-refractivity contribution in [2.24, 2.45) is 11.8 Å². The minimum atomic E-state index is 0.0832. The Kier molecular flexibility index (Phi) is 4.18. The van der Waals surface area contributed by atoms with Gasteiger partial charge in [-0.05, 0) is 31.1 Å². The number of hydrogen-bond acceptors (Lipinski definition) is 3. The summed E-state index contributed by atoms with van der Waals surface area (Å²) >= 11 is 0. The average molecular weight is 226 g/mol. The van der Waals surface area contributed by atoms with Gasteiger partial charge in [0.2, 0.25) is 5.91 Å². The van der Waals surface area contributed by atoms with Gasteiger partial charge in [0.15, 0.2) is 0 Å². The van der Waals surface area contributed by atoms with Crippen LogP contribution >= 0.6 is 0 Å². The molecule has 4 heteroatoms. The summed E-state index contributed by atoms with van der Waals surface area (Å²) in [6.45, 7) is 1.64. The summed E-state index contributed by atoms with van der Waals surface area (Å²) in [5, 5.41) is 6.21. The molecule has 0 aliphatic heterocycles. The van der Waals surface area contributed by atoms with Crippen LogP contribution < -0.4 is 10.6 Å². The van der Waals surface area contributed by atoms with Gasteiger partial charge in [-0.1, -0.05) is 6.42 Å². The molecule has 2 rings (SSSR count). The first kappa shape index (κ1) is 11.9. The van der Waals surface area contributed by atoms with Gasteiger partial charge in [0, 0.05) is 19.7 Å². The van der Waals surface area contributed by atoms with E-state index in [1.807, 2.05) is 0 Å². The lowest BCUT2D eigenvalue weighted by Crippen LogP contribution is -2.42. The SMILES string of the molecule is COCCNC(=O)CNC1CC2CCC1C2. The predicted octanol–water partition coefficient (Wildman–Crippen LogP) is 0.527. The van der Waals surface area contributed by atoms with Gasteiger partial charge in [-0.3, -0.25) is 4.79 Å². The number of ether oxygens (including phenoxy) is 1. The van der Waals surface area contributed by atoms with Crippen molar-refractivity contribution in [2.75, 3.05) is 26.8 Å². The first-order chi connectivity index (χ1) is 7.79. The first-order valence-electron chi connectivity index (χ1n) is 6.28. The quantitative estimate of drug-likeness (QED) is 0.649. The van der Waals surface area contributed by atoms with Crippen LogP contribution in [0.5, 0.6) is 0 Å². The third kappa shape index (κ3) is 2.95. The zero-order valence-corrected chi connectivity index (χ0v) is 10.00. The van der Waals surface area contributed by atoms with Gasteiger partial charge in [-0.25, -0.2) is 0 Å². The van der Waals surface area contributed by atoms with Crippen molar-refractivity contribution in [1.29, 1.82) is 0 Å². The lowest BCUT2D eigenvalue weighted by Gasteiger charge is -2.22. The maximum atomic E-state index is 11.5. The van der Waals surface area contributed by atoms with E-state index >= 15 is 0 Å². The zero-order chi connectivity index (χ0) is 11.4. The molecule has 2 saturated carbocycles. The van der Waals surface area contributed by atoms with Crippen LogP contribution in [0.3, 0.4) is 0 Å². The van der Waals surface area contributed by atoms with Gasteiger partial charge in [0.25, 0.3) is 0 Å². The smallest absolute Gasteiger partial charge is 0.234 e. The summed E-state index contributed by atoms with van der Waals surface area (Å²) in [7, 11) is 1.64. The molecule has 0 aromatic rings. The summed E-state index contributed by atoms with van der Waals surface area (Å²) in [6.07, 6.45) is 5.41. The third-order valence-electron chi connectivity index (χ3n) is 3.89. The topological polar surface area (TPSA) is 50.4 Å². The number of carbonyl (C=O) groups is 1. The molecular formula is C12H22N2O2. The molecule has 0 aromatic heterocycles. The molecule has 16 heavy (non-hydrogen) atoms. The highest BCUT2D eigenvalue weighted by Crippen LogP contribution is 2.44. The van der Waals surface area contributed by atoms with E-state index in [2.05, 4.69) is 10.6 Å². The van der Waals surface area contributed by atoms with E-state index < -0.39 is 0 Å². The van der Waals surface area contributed by atoms with Crippen LogP contribution in [0.25, 0.3) is 0 Å². The van der Waals surface area contributed by atoms with Crippen LogP contribution in [0, 0.1) is 11.8 Å². The van der Waals surface area contributed by atoms with E-state index in [1.165, 1.54) is 25.7 Å². The Hall–Kier alpha value is -0.610. The molecule has 0 heterocycles. The molecule has 2 N–H and O–H groups in total. The lowest BCUT2D eigenvalue weighted by atomic mass is 9.95. The fraction of sp³-hybridized carbons (Fsp3) is 0.917. The second kappa shape index (κ2) is 5.64. The normalized spacial score (nSPS) is 31.9. The molecule has 1 amide bonds. The van der Waals surface area contributed by atoms with E-state index in [9.17, 15) is 4.79 Å². The van der Waals surface area contributed by atoms with Crippen molar-refractivity contribution in [2.45, 2.75) is 31.7 Å². The molecule has 0 aromatic carbocycles. The summed E-state index contributed by atoms with van der Waals surface area (Å²) in [6, 6.07) is 0.590. The van der Waals surface area contributed by atoms with E-state index in [0.717, 1.165) is 11.8 Å². The van der Waals surface area contributed by atoms with E-state index in [4.69, 9.17) is 4.74 Å². The molecule has 0 radical (unpaired) electrons. The molecule has 0 spiro atoms. The fourth-order valence-electron chi connectivity index (χ4n) is 3.07. The second-order valence-corrected chi connectivity index (χ2v) is 5.01. The standard InChI is InChI=1S/C12H22N2O2/c1-16-5-4-13-12(15)8-14-11-7-9-2-3-10(11)6-9/h9-11,14H,2-8H2,1H3,(H,13,15). The van der Waals surface area contributed by atoms with Crippen molar-refractivity contribution < 1.29 is 9.53 Å². The number of nitrogens with one attached hydrogen (secondary N) is 2. The Morgan fingerprint density at radius 1 is 1.38 bits per heavy atom. The lowest BCUT2D eigenvalue weighted by molar-refractivity contribution is -0.120. The first-order valence-corrected chi connectivity index (χ1v) is 6.28. The van der Waals surface area contributed by atoms with E-state index in [-0.39, 0.29) is 5.91 Å². The zero-order valence-electron chi connectivity index (χ0n) is 10.00. The van der Waals surface area contributed by atoms with Crippen molar-refractivity contribution in [3.8, 4) is 0 Å². The highest BCUT2D eigenvalue weighted by Gasteiger charge is 2.39. The fourth-order valence-corrected chi connectivity index (χ4v) is 3.07. The Morgan fingerprint density at radius 3 is 2.88 bits per heavy atom. The predicted molar refractivity (Wildman–Crippen MR) is 62.1 cm³/mol. The van der Waals surface area contributed by atoms with Crippen LogP contribution in [0.15, 0.2) is 0 Å². The molecular weight excluding hydrogens is 204 g/mol. The maximum absolute atomic E-state index is 11.5. The summed E-state index contributed by atoms with van der Waals surface area (Å²) < 4.78 is 4.88. The minimum absolute atomic E-state index is 0.0832. The Bertz CT molecular complexity index is 245. The van der Waals surface area contributed by atoms with E-state index in [0.29, 0.717) is 25.7 Å². The monoisotopic (exact) mass is 226 g/mol. The van der Waals surface area contributed by atoms with Gasteiger partial charge in [0.05, 0.1) is 13.2 Å². The molecule has 2 bridgehead atoms. The van der Waals surface area contributed by atoms with Crippen molar-refractivity contribution in [3.63, 3.8) is 0 Å². The average Bonchev–Trinajstić information content (AvgIpc) is 2.88. The van der Waals surface area contributed by atoms with Crippen LogP contribution in [0.1, 0.15) is 25.7 Å². The van der Waals surface area contributed by atoms with Crippen LogP contribution in [0.2, 0.25) is 0 Å². The molecule has 2 fully saturated rings. The number of rotatable bonds is 6. The maximum Gasteiger partial charge on any atom is 0.234 e. The Labute approximate surface area is 97.1 Å². The number of fused-ring (bicyclic) bond motifs is 2. The van der Waals surface area contributed by atoms with Gasteiger partial charge in [-0.15, -0.1) is 0 Å². The molecule has 4 nitrogen and oxygen atoms in total. The van der Waals surface area contributed by atoms with Gasteiger partial charge >= 0.3 is 0 Å². The number of hydrogen-bond donors (Lipinski definition) is 2. The third-order valence-corrected chi connectivity index (χ3v) is 3.89. The summed E-state index contributed by atoms with van der Waals surface area (Å²) in [5.74, 6) is 1.84. The summed E-state index contributed by atoms with van der Waals surface area (Å²) in [4.78, 5) is 11.5. The van der Waals surface area contributed by atoms with Crippen molar-refractivity contribution in [3.05, 3.63) is 0 Å². The number of methoxy groups -OCH3 is 1. The Balaban J connectivity index is 1.59. The molecule has 2 aliphatic carbocycles. The highest BCUT2D eigenvalue weighted by atomic mass is 16.5. The summed E-state index contributed by atoms with van der Waals surface area (Å²) in [5.41, 5.74) is 0. The van der Waals surface area contributed by atoms with Gasteiger partial charge < -0.3 is 15.4 Å². The van der Waals surface area contributed by atoms with Gasteiger partial charge in [-0.2, -0.15) is 0 Å². The number of amides is 1. The highest BCUT2D eigenvalue weighted by molar-refractivity contribution is 5.77. The molecule has 3 atom stereocenters. The molecule has 0 saturated heterocycles. The van der Waals surface area contributed by atoms with Crippen LogP contribution in [0.4, 0.5) is 0 Å². The van der Waals surface area contributed by atoms with Crippen LogP contribution in [-0.4, -0.2) is 38.8 Å². The number of carbonyl (C=O) groups excluding carboxylic acids is 1. The van der Waals surface area contributed by atoms with E-state index in [1.54, 1.807) is 7.11 Å². The van der Waals surface area contributed by atoms with Crippen molar-refractivity contribution >= 4 is 5.91 Å². The molecule has 2 aliphatic rings. The molecule has 3 unspecified atom stereocenters. The second-order valence-electron chi connectivity index (χ2n) is 5.01. The van der Waals surface area contributed by atoms with Crippen LogP contribution in [-0.2, 0) is 9.53 Å². The Morgan fingerprint density at radius 2 is 2.25 bits per heavy atom.